The predicted octanol–water partition coefficient (Wildman–Crippen LogP) is 4.50. The molecule has 0 saturated heterocycles. The van der Waals surface area contributed by atoms with Crippen LogP contribution in [0.2, 0.25) is 0 Å². The Kier molecular flexibility index (Phi) is 5.06. The SMILES string of the molecule is CCOC(c1cc(C)c(N)c(CC)c1)(C(F)(F)F)C(F)(F)F. The van der Waals surface area contributed by atoms with Gasteiger partial charge in [0.1, 0.15) is 0 Å². The molecule has 0 heterocycles. The highest BCUT2D eigenvalue weighted by molar-refractivity contribution is 5.56. The van der Waals surface area contributed by atoms with Crippen LogP contribution < -0.4 is 5.73 Å². The number of nitrogens with two attached hydrogens (primary N) is 1. The van der Waals surface area contributed by atoms with Crippen molar-refractivity contribution in [1.82, 2.24) is 0 Å². The molecular formula is C14H17F6NO. The minimum atomic E-state index is -5.66. The Labute approximate surface area is 124 Å². The molecular weight excluding hydrogens is 312 g/mol. The summed E-state index contributed by atoms with van der Waals surface area (Å²) in [7, 11) is 0. The van der Waals surface area contributed by atoms with Crippen LogP contribution in [0.25, 0.3) is 0 Å². The Balaban J connectivity index is 3.76. The lowest BCUT2D eigenvalue weighted by Gasteiger charge is -2.37. The summed E-state index contributed by atoms with van der Waals surface area (Å²) in [5, 5.41) is 0. The van der Waals surface area contributed by atoms with Gasteiger partial charge in [-0.05, 0) is 31.4 Å². The van der Waals surface area contributed by atoms with Crippen LogP contribution in [0.5, 0.6) is 0 Å². The third-order valence-electron chi connectivity index (χ3n) is 3.42. The molecule has 0 radical (unpaired) electrons. The molecule has 0 unspecified atom stereocenters. The summed E-state index contributed by atoms with van der Waals surface area (Å²) < 4.78 is 84.3. The van der Waals surface area contributed by atoms with Crippen LogP contribution in [0.15, 0.2) is 12.1 Å². The fourth-order valence-corrected chi connectivity index (χ4v) is 2.32. The Bertz CT molecular complexity index is 521. The lowest BCUT2D eigenvalue weighted by Crippen LogP contribution is -2.56. The van der Waals surface area contributed by atoms with Crippen LogP contribution in [0, 0.1) is 6.92 Å². The van der Waals surface area contributed by atoms with Crippen molar-refractivity contribution in [2.45, 2.75) is 45.1 Å². The van der Waals surface area contributed by atoms with Crippen molar-refractivity contribution in [3.05, 3.63) is 28.8 Å². The highest BCUT2D eigenvalue weighted by Gasteiger charge is 2.73. The second kappa shape index (κ2) is 5.98. The molecule has 2 N–H and O–H groups in total. The number of anilines is 1. The molecule has 1 rings (SSSR count). The lowest BCUT2D eigenvalue weighted by molar-refractivity contribution is -0.388. The van der Waals surface area contributed by atoms with E-state index in [9.17, 15) is 26.3 Å². The van der Waals surface area contributed by atoms with Crippen LogP contribution in [-0.2, 0) is 16.8 Å². The number of hydrogen-bond acceptors (Lipinski definition) is 2. The quantitative estimate of drug-likeness (QED) is 0.652. The maximum atomic E-state index is 13.3. The summed E-state index contributed by atoms with van der Waals surface area (Å²) in [6, 6.07) is 1.60. The van der Waals surface area contributed by atoms with Gasteiger partial charge in [0.2, 0.25) is 0 Å². The fourth-order valence-electron chi connectivity index (χ4n) is 2.32. The van der Waals surface area contributed by atoms with Crippen LogP contribution in [0.3, 0.4) is 0 Å². The smallest absolute Gasteiger partial charge is 0.398 e. The first-order chi connectivity index (χ1) is 9.92. The third kappa shape index (κ3) is 2.88. The first-order valence-electron chi connectivity index (χ1n) is 6.59. The monoisotopic (exact) mass is 329 g/mol. The molecule has 8 heteroatoms. The fraction of sp³-hybridized carbons (Fsp3) is 0.571. The molecule has 0 fully saturated rings. The van der Waals surface area contributed by atoms with Gasteiger partial charge in [-0.15, -0.1) is 0 Å². The van der Waals surface area contributed by atoms with Crippen molar-refractivity contribution >= 4 is 5.69 Å². The highest BCUT2D eigenvalue weighted by atomic mass is 19.4. The van der Waals surface area contributed by atoms with E-state index in [0.29, 0.717) is 0 Å². The van der Waals surface area contributed by atoms with E-state index in [-0.39, 0.29) is 23.2 Å². The van der Waals surface area contributed by atoms with Gasteiger partial charge in [-0.3, -0.25) is 0 Å². The first kappa shape index (κ1) is 18.6. The lowest BCUT2D eigenvalue weighted by atomic mass is 9.88. The Morgan fingerprint density at radius 3 is 1.86 bits per heavy atom. The Morgan fingerprint density at radius 1 is 1.00 bits per heavy atom. The van der Waals surface area contributed by atoms with Gasteiger partial charge in [-0.1, -0.05) is 19.1 Å². The van der Waals surface area contributed by atoms with Crippen molar-refractivity contribution in [3.63, 3.8) is 0 Å². The number of hydrogen-bond donors (Lipinski definition) is 1. The van der Waals surface area contributed by atoms with Crippen molar-refractivity contribution in [3.8, 4) is 0 Å². The molecule has 0 atom stereocenters. The van der Waals surface area contributed by atoms with E-state index in [1.807, 2.05) is 0 Å². The van der Waals surface area contributed by atoms with Gasteiger partial charge < -0.3 is 10.5 Å². The van der Waals surface area contributed by atoms with Gasteiger partial charge in [-0.2, -0.15) is 26.3 Å². The normalized spacial score (nSPS) is 13.5. The molecule has 0 bridgehead atoms. The van der Waals surface area contributed by atoms with E-state index in [1.165, 1.54) is 6.92 Å². The third-order valence-corrected chi connectivity index (χ3v) is 3.42. The van der Waals surface area contributed by atoms with Gasteiger partial charge in [-0.25, -0.2) is 0 Å². The molecule has 0 aliphatic heterocycles. The minimum absolute atomic E-state index is 0.145. The number of rotatable bonds is 4. The van der Waals surface area contributed by atoms with E-state index in [1.54, 1.807) is 6.92 Å². The largest absolute Gasteiger partial charge is 0.430 e. The Hall–Kier alpha value is -1.44. The Morgan fingerprint density at radius 2 is 1.50 bits per heavy atom. The standard InChI is InChI=1S/C14H17F6NO/c1-4-9-7-10(6-8(3)11(9)21)12(22-5-2,13(15,16)17)14(18,19)20/h6-7H,4-5,21H2,1-3H3. The van der Waals surface area contributed by atoms with E-state index in [4.69, 9.17) is 5.73 Å². The molecule has 22 heavy (non-hydrogen) atoms. The number of ether oxygens (including phenoxy) is 1. The summed E-state index contributed by atoms with van der Waals surface area (Å²) in [5.41, 5.74) is 0.870. The predicted molar refractivity (Wildman–Crippen MR) is 70.4 cm³/mol. The van der Waals surface area contributed by atoms with Gasteiger partial charge in [0.05, 0.1) is 0 Å². The molecule has 0 aromatic heterocycles. The summed E-state index contributed by atoms with van der Waals surface area (Å²) in [6.07, 6.45) is -11.1. The number of halogens is 6. The average molecular weight is 329 g/mol. The number of nitrogen functional groups attached to an aromatic ring is 1. The molecule has 2 nitrogen and oxygen atoms in total. The van der Waals surface area contributed by atoms with Crippen molar-refractivity contribution in [1.29, 1.82) is 0 Å². The topological polar surface area (TPSA) is 35.2 Å². The first-order valence-corrected chi connectivity index (χ1v) is 6.59. The molecule has 126 valence electrons. The summed E-state index contributed by atoms with van der Waals surface area (Å²) >= 11 is 0. The van der Waals surface area contributed by atoms with E-state index >= 15 is 0 Å². The zero-order valence-electron chi connectivity index (χ0n) is 12.3. The van der Waals surface area contributed by atoms with Crippen molar-refractivity contribution in [2.75, 3.05) is 12.3 Å². The van der Waals surface area contributed by atoms with Crippen LogP contribution in [-0.4, -0.2) is 19.0 Å². The number of aryl methyl sites for hydroxylation is 2. The van der Waals surface area contributed by atoms with E-state index in [0.717, 1.165) is 19.1 Å². The number of alkyl halides is 6. The zero-order chi connectivity index (χ0) is 17.3. The summed E-state index contributed by atoms with van der Waals surface area (Å²) in [5.74, 6) is 0. The van der Waals surface area contributed by atoms with Gasteiger partial charge in [0.15, 0.2) is 0 Å². The highest BCUT2D eigenvalue weighted by Crippen LogP contribution is 2.53. The molecule has 0 spiro atoms. The van der Waals surface area contributed by atoms with Crippen molar-refractivity contribution < 1.29 is 31.1 Å². The van der Waals surface area contributed by atoms with Gasteiger partial charge in [0, 0.05) is 17.9 Å². The molecule has 0 aliphatic carbocycles. The second-order valence-electron chi connectivity index (χ2n) is 4.83. The summed E-state index contributed by atoms with van der Waals surface area (Å²) in [6.45, 7) is 3.29. The maximum absolute atomic E-state index is 13.3. The summed E-state index contributed by atoms with van der Waals surface area (Å²) in [4.78, 5) is 0. The van der Waals surface area contributed by atoms with Crippen LogP contribution in [0.1, 0.15) is 30.5 Å². The van der Waals surface area contributed by atoms with E-state index < -0.39 is 30.1 Å². The van der Waals surface area contributed by atoms with Crippen LogP contribution in [0.4, 0.5) is 32.0 Å². The van der Waals surface area contributed by atoms with Gasteiger partial charge >= 0.3 is 12.4 Å². The minimum Gasteiger partial charge on any atom is -0.398 e. The molecule has 0 saturated carbocycles. The molecule has 0 aliphatic rings. The van der Waals surface area contributed by atoms with Crippen LogP contribution >= 0.6 is 0 Å². The second-order valence-corrected chi connectivity index (χ2v) is 4.83. The molecule has 1 aromatic rings. The van der Waals surface area contributed by atoms with Crippen molar-refractivity contribution in [2.24, 2.45) is 0 Å². The van der Waals surface area contributed by atoms with Gasteiger partial charge in [0.25, 0.3) is 5.60 Å². The maximum Gasteiger partial charge on any atom is 0.430 e. The average Bonchev–Trinajstić information content (AvgIpc) is 2.36. The number of benzene rings is 1. The molecule has 1 aromatic carbocycles. The van der Waals surface area contributed by atoms with E-state index in [2.05, 4.69) is 4.74 Å². The molecule has 0 amide bonds. The zero-order valence-corrected chi connectivity index (χ0v) is 12.3.